The molecule has 4 rings (SSSR count). The Hall–Kier alpha value is -3.15. The summed E-state index contributed by atoms with van der Waals surface area (Å²) in [6.45, 7) is 1.66. The molecule has 1 fully saturated rings. The van der Waals surface area contributed by atoms with Gasteiger partial charge in [0.05, 0.1) is 13.2 Å². The normalized spacial score (nSPS) is 18.9. The number of hydrazine groups is 1. The molecule has 1 aromatic carbocycles. The summed E-state index contributed by atoms with van der Waals surface area (Å²) in [7, 11) is 4.85. The highest BCUT2D eigenvalue weighted by Gasteiger charge is 2.57. The molecule has 0 saturated carbocycles. The molecule has 2 amide bonds. The maximum absolute atomic E-state index is 13.9. The lowest BCUT2D eigenvalue weighted by Crippen LogP contribution is -2.72. The van der Waals surface area contributed by atoms with Crippen LogP contribution in [0.5, 0.6) is 0 Å². The third kappa shape index (κ3) is 3.52. The third-order valence-corrected chi connectivity index (χ3v) is 6.07. The average Bonchev–Trinajstić information content (AvgIpc) is 2.73. The maximum Gasteiger partial charge on any atom is 0.287 e. The Balaban J connectivity index is 1.75. The molecule has 176 valence electrons. The van der Waals surface area contributed by atoms with Crippen LogP contribution in [0.1, 0.15) is 32.0 Å². The van der Waals surface area contributed by atoms with E-state index in [0.29, 0.717) is 6.07 Å². The second-order valence-corrected chi connectivity index (χ2v) is 8.32. The van der Waals surface area contributed by atoms with Gasteiger partial charge in [-0.1, -0.05) is 6.07 Å². The maximum atomic E-state index is 13.9. The molecule has 2 aliphatic heterocycles. The number of aromatic nitrogens is 1. The van der Waals surface area contributed by atoms with Gasteiger partial charge in [0.2, 0.25) is 0 Å². The summed E-state index contributed by atoms with van der Waals surface area (Å²) < 4.78 is 39.8. The molecule has 1 unspecified atom stereocenters. The lowest BCUT2D eigenvalue weighted by Gasteiger charge is -2.55. The van der Waals surface area contributed by atoms with E-state index in [0.717, 1.165) is 6.07 Å². The van der Waals surface area contributed by atoms with Crippen LogP contribution < -0.4 is 10.7 Å². The largest absolute Gasteiger partial charge is 0.376 e. The molecule has 1 atom stereocenters. The molecule has 0 bridgehead atoms. The van der Waals surface area contributed by atoms with Crippen LogP contribution >= 0.6 is 0 Å². The summed E-state index contributed by atoms with van der Waals surface area (Å²) in [5.74, 6) is -2.73. The number of rotatable bonds is 5. The van der Waals surface area contributed by atoms with Gasteiger partial charge in [-0.3, -0.25) is 14.4 Å². The van der Waals surface area contributed by atoms with E-state index in [1.54, 1.807) is 23.7 Å². The first kappa shape index (κ1) is 23.0. The van der Waals surface area contributed by atoms with Crippen LogP contribution in [-0.4, -0.2) is 67.0 Å². The Morgan fingerprint density at radius 3 is 2.55 bits per heavy atom. The summed E-state index contributed by atoms with van der Waals surface area (Å²) in [4.78, 5) is 39.3. The van der Waals surface area contributed by atoms with E-state index < -0.39 is 40.6 Å². The van der Waals surface area contributed by atoms with E-state index in [4.69, 9.17) is 9.47 Å². The van der Waals surface area contributed by atoms with Crippen molar-refractivity contribution in [3.8, 4) is 0 Å². The predicted octanol–water partition coefficient (Wildman–Crippen LogP) is 0.995. The van der Waals surface area contributed by atoms with Gasteiger partial charge in [0, 0.05) is 51.1 Å². The first-order chi connectivity index (χ1) is 15.6. The minimum atomic E-state index is -0.835. The van der Waals surface area contributed by atoms with Gasteiger partial charge >= 0.3 is 0 Å². The summed E-state index contributed by atoms with van der Waals surface area (Å²) in [5.41, 5.74) is -1.33. The van der Waals surface area contributed by atoms with Gasteiger partial charge in [0.1, 0.15) is 28.4 Å². The second-order valence-electron chi connectivity index (χ2n) is 8.32. The SMILES string of the molecule is COC1N(N(C)C)C(=O)c2c(C)c(=O)c(C(=O)NCc3ccc(F)cc3F)cn2C12COC2. The van der Waals surface area contributed by atoms with Crippen molar-refractivity contribution in [2.45, 2.75) is 25.2 Å². The van der Waals surface area contributed by atoms with Crippen molar-refractivity contribution in [1.82, 2.24) is 19.9 Å². The first-order valence-corrected chi connectivity index (χ1v) is 10.2. The van der Waals surface area contributed by atoms with Crippen molar-refractivity contribution in [2.75, 3.05) is 34.4 Å². The minimum Gasteiger partial charge on any atom is -0.376 e. The van der Waals surface area contributed by atoms with Gasteiger partial charge in [0.25, 0.3) is 11.8 Å². The highest BCUT2D eigenvalue weighted by atomic mass is 19.1. The summed E-state index contributed by atoms with van der Waals surface area (Å²) >= 11 is 0. The van der Waals surface area contributed by atoms with Crippen LogP contribution in [0.15, 0.2) is 29.2 Å². The molecule has 1 saturated heterocycles. The molecule has 1 aromatic heterocycles. The van der Waals surface area contributed by atoms with E-state index in [2.05, 4.69) is 5.32 Å². The van der Waals surface area contributed by atoms with Gasteiger partial charge in [-0.15, -0.1) is 0 Å². The molecule has 11 heteroatoms. The Labute approximate surface area is 188 Å². The number of hydrogen-bond donors (Lipinski definition) is 1. The Bertz CT molecular complexity index is 1190. The molecular formula is C22H24F2N4O5. The van der Waals surface area contributed by atoms with E-state index >= 15 is 0 Å². The smallest absolute Gasteiger partial charge is 0.287 e. The predicted molar refractivity (Wildman–Crippen MR) is 112 cm³/mol. The average molecular weight is 462 g/mol. The van der Waals surface area contributed by atoms with E-state index in [-0.39, 0.29) is 42.1 Å². The standard InChI is InChI=1S/C22H24F2N4O5/c1-12-17-20(31)28(26(2)3)21(32-4)22(10-33-11-22)27(17)9-15(18(12)29)19(30)25-8-13-5-6-14(23)7-16(13)24/h5-7,9,21H,8,10-11H2,1-4H3,(H,25,30). The molecular weight excluding hydrogens is 438 g/mol. The van der Waals surface area contributed by atoms with Crippen LogP contribution in [-0.2, 0) is 21.6 Å². The number of fused-ring (bicyclic) bond motifs is 2. The van der Waals surface area contributed by atoms with Gasteiger partial charge in [0.15, 0.2) is 11.7 Å². The lowest BCUT2D eigenvalue weighted by atomic mass is 9.89. The van der Waals surface area contributed by atoms with Crippen LogP contribution in [0, 0.1) is 18.6 Å². The van der Waals surface area contributed by atoms with Gasteiger partial charge < -0.3 is 19.4 Å². The van der Waals surface area contributed by atoms with Crippen LogP contribution in [0.4, 0.5) is 8.78 Å². The van der Waals surface area contributed by atoms with Crippen LogP contribution in [0.25, 0.3) is 0 Å². The van der Waals surface area contributed by atoms with Crippen molar-refractivity contribution in [3.63, 3.8) is 0 Å². The molecule has 1 spiro atoms. The number of hydrogen-bond acceptors (Lipinski definition) is 6. The lowest BCUT2D eigenvalue weighted by molar-refractivity contribution is -0.241. The molecule has 1 N–H and O–H groups in total. The number of pyridine rings is 1. The second kappa shape index (κ2) is 8.32. The fraction of sp³-hybridized carbons (Fsp3) is 0.409. The number of nitrogens with one attached hydrogen (secondary N) is 1. The Morgan fingerprint density at radius 1 is 1.30 bits per heavy atom. The van der Waals surface area contributed by atoms with Crippen molar-refractivity contribution in [3.05, 3.63) is 68.6 Å². The fourth-order valence-corrected chi connectivity index (χ4v) is 4.32. The molecule has 0 aliphatic carbocycles. The van der Waals surface area contributed by atoms with Crippen LogP contribution in [0.3, 0.4) is 0 Å². The molecule has 2 aromatic rings. The zero-order valence-electron chi connectivity index (χ0n) is 18.6. The van der Waals surface area contributed by atoms with Crippen LogP contribution in [0.2, 0.25) is 0 Å². The first-order valence-electron chi connectivity index (χ1n) is 10.2. The third-order valence-electron chi connectivity index (χ3n) is 6.07. The zero-order valence-corrected chi connectivity index (χ0v) is 18.6. The Morgan fingerprint density at radius 2 is 2.00 bits per heavy atom. The fourth-order valence-electron chi connectivity index (χ4n) is 4.32. The summed E-state index contributed by atoms with van der Waals surface area (Å²) in [5, 5.41) is 5.50. The molecule has 2 aliphatic rings. The quantitative estimate of drug-likeness (QED) is 0.713. The number of methoxy groups -OCH3 is 1. The highest BCUT2D eigenvalue weighted by Crippen LogP contribution is 2.40. The number of carbonyl (C=O) groups is 2. The van der Waals surface area contributed by atoms with E-state index in [1.807, 2.05) is 0 Å². The number of carbonyl (C=O) groups excluding carboxylic acids is 2. The van der Waals surface area contributed by atoms with Gasteiger partial charge in [-0.25, -0.2) is 18.8 Å². The molecule has 0 radical (unpaired) electrons. The highest BCUT2D eigenvalue weighted by molar-refractivity contribution is 5.98. The zero-order chi connectivity index (χ0) is 24.1. The molecule has 33 heavy (non-hydrogen) atoms. The Kier molecular flexibility index (Phi) is 5.81. The van der Waals surface area contributed by atoms with Crippen molar-refractivity contribution < 1.29 is 27.8 Å². The number of benzene rings is 1. The summed E-state index contributed by atoms with van der Waals surface area (Å²) in [6.07, 6.45) is 0.605. The van der Waals surface area contributed by atoms with E-state index in [9.17, 15) is 23.2 Å². The molecule has 3 heterocycles. The van der Waals surface area contributed by atoms with Gasteiger partial charge in [-0.2, -0.15) is 0 Å². The van der Waals surface area contributed by atoms with Crippen molar-refractivity contribution in [2.24, 2.45) is 0 Å². The summed E-state index contributed by atoms with van der Waals surface area (Å²) in [6, 6.07) is 3.01. The number of halogens is 2. The van der Waals surface area contributed by atoms with Gasteiger partial charge in [-0.05, 0) is 13.0 Å². The molecule has 9 nitrogen and oxygen atoms in total. The monoisotopic (exact) mass is 462 g/mol. The van der Waals surface area contributed by atoms with Crippen molar-refractivity contribution in [1.29, 1.82) is 0 Å². The number of amides is 2. The number of ether oxygens (including phenoxy) is 2. The number of nitrogens with zero attached hydrogens (tertiary/aromatic N) is 3. The van der Waals surface area contributed by atoms with E-state index in [1.165, 1.54) is 31.3 Å². The minimum absolute atomic E-state index is 0.0691. The topological polar surface area (TPSA) is 93.1 Å². The van der Waals surface area contributed by atoms with Crippen molar-refractivity contribution >= 4 is 11.8 Å².